The van der Waals surface area contributed by atoms with E-state index in [9.17, 15) is 13.2 Å². The van der Waals surface area contributed by atoms with Crippen molar-refractivity contribution in [1.82, 2.24) is 14.8 Å². The van der Waals surface area contributed by atoms with Crippen LogP contribution >= 0.6 is 0 Å². The lowest BCUT2D eigenvalue weighted by atomic mass is 10.2. The van der Waals surface area contributed by atoms with Crippen LogP contribution in [0.1, 0.15) is 10.4 Å². The summed E-state index contributed by atoms with van der Waals surface area (Å²) >= 11 is 0. The minimum absolute atomic E-state index is 0.0329. The van der Waals surface area contributed by atoms with Gasteiger partial charge in [-0.3, -0.25) is 0 Å². The number of carboxylic acid groups (broad SMARTS) is 1. The topological polar surface area (TPSA) is 102 Å². The van der Waals surface area contributed by atoms with Crippen LogP contribution in [0.25, 0.3) is 5.69 Å². The highest BCUT2D eigenvalue weighted by Crippen LogP contribution is 2.22. The smallest absolute Gasteiger partial charge is 0.335 e. The Labute approximate surface area is 131 Å². The van der Waals surface area contributed by atoms with Gasteiger partial charge in [0.1, 0.15) is 12.7 Å². The molecule has 1 N–H and O–H groups in total. The van der Waals surface area contributed by atoms with Crippen molar-refractivity contribution in [2.24, 2.45) is 0 Å². The zero-order valence-corrected chi connectivity index (χ0v) is 12.5. The van der Waals surface area contributed by atoms with E-state index in [0.717, 1.165) is 0 Å². The fourth-order valence-electron chi connectivity index (χ4n) is 2.03. The maximum atomic E-state index is 12.5. The van der Waals surface area contributed by atoms with E-state index in [1.54, 1.807) is 12.1 Å². The van der Waals surface area contributed by atoms with E-state index in [4.69, 9.17) is 5.11 Å². The van der Waals surface area contributed by atoms with Crippen LogP contribution in [0, 0.1) is 0 Å². The van der Waals surface area contributed by atoms with Crippen molar-refractivity contribution in [3.05, 3.63) is 66.7 Å². The molecule has 0 aliphatic rings. The highest BCUT2D eigenvalue weighted by atomic mass is 32.2. The second-order valence-corrected chi connectivity index (χ2v) is 6.62. The number of carboxylic acids is 1. The Hall–Kier alpha value is -3.00. The summed E-state index contributed by atoms with van der Waals surface area (Å²) in [5.74, 6) is -1.11. The van der Waals surface area contributed by atoms with E-state index in [2.05, 4.69) is 10.1 Å². The van der Waals surface area contributed by atoms with Gasteiger partial charge in [0, 0.05) is 0 Å². The summed E-state index contributed by atoms with van der Waals surface area (Å²) in [5.41, 5.74) is 0.716. The molecule has 0 bridgehead atoms. The van der Waals surface area contributed by atoms with E-state index in [0.29, 0.717) is 5.69 Å². The van der Waals surface area contributed by atoms with Crippen molar-refractivity contribution < 1.29 is 18.3 Å². The summed E-state index contributed by atoms with van der Waals surface area (Å²) in [5, 5.41) is 12.8. The van der Waals surface area contributed by atoms with E-state index >= 15 is 0 Å². The molecule has 0 amide bonds. The molecular formula is C15H11N3O4S. The number of carbonyl (C=O) groups is 1. The molecule has 3 rings (SSSR count). The van der Waals surface area contributed by atoms with Gasteiger partial charge in [-0.25, -0.2) is 22.9 Å². The summed E-state index contributed by atoms with van der Waals surface area (Å²) in [6, 6.07) is 11.3. The maximum Gasteiger partial charge on any atom is 0.335 e. The number of hydrogen-bond donors (Lipinski definition) is 1. The van der Waals surface area contributed by atoms with Gasteiger partial charge in [-0.2, -0.15) is 5.10 Å². The summed E-state index contributed by atoms with van der Waals surface area (Å²) in [7, 11) is -3.71. The highest BCUT2D eigenvalue weighted by Gasteiger charge is 2.18. The molecule has 0 fully saturated rings. The molecule has 0 atom stereocenters. The number of aromatic nitrogens is 3. The van der Waals surface area contributed by atoms with E-state index in [1.807, 2.05) is 0 Å². The highest BCUT2D eigenvalue weighted by molar-refractivity contribution is 7.91. The van der Waals surface area contributed by atoms with E-state index in [-0.39, 0.29) is 15.4 Å². The van der Waals surface area contributed by atoms with Gasteiger partial charge in [-0.15, -0.1) is 0 Å². The fourth-order valence-corrected chi connectivity index (χ4v) is 3.29. The third kappa shape index (κ3) is 2.84. The molecule has 1 aromatic heterocycles. The van der Waals surface area contributed by atoms with Crippen LogP contribution in [0.5, 0.6) is 0 Å². The Kier molecular flexibility index (Phi) is 3.67. The molecule has 8 heteroatoms. The molecule has 0 spiro atoms. The van der Waals surface area contributed by atoms with Crippen molar-refractivity contribution in [2.45, 2.75) is 9.79 Å². The molecule has 2 aromatic carbocycles. The van der Waals surface area contributed by atoms with Gasteiger partial charge in [-0.05, 0) is 48.5 Å². The Bertz CT molecular complexity index is 931. The normalized spacial score (nSPS) is 11.3. The lowest BCUT2D eigenvalue weighted by molar-refractivity contribution is 0.0696. The Morgan fingerprint density at radius 1 is 0.957 bits per heavy atom. The Balaban J connectivity index is 1.94. The Morgan fingerprint density at radius 3 is 2.00 bits per heavy atom. The first-order valence-corrected chi connectivity index (χ1v) is 8.00. The van der Waals surface area contributed by atoms with Crippen LogP contribution in [0.15, 0.2) is 71.0 Å². The van der Waals surface area contributed by atoms with Crippen LogP contribution in [0.3, 0.4) is 0 Å². The summed E-state index contributed by atoms with van der Waals surface area (Å²) < 4.78 is 26.6. The zero-order chi connectivity index (χ0) is 16.4. The van der Waals surface area contributed by atoms with Crippen molar-refractivity contribution in [1.29, 1.82) is 0 Å². The molecule has 0 aliphatic carbocycles. The number of hydrogen-bond acceptors (Lipinski definition) is 5. The summed E-state index contributed by atoms with van der Waals surface area (Å²) in [6.07, 6.45) is 2.89. The number of nitrogens with zero attached hydrogens (tertiary/aromatic N) is 3. The molecule has 116 valence electrons. The SMILES string of the molecule is O=C(O)c1ccc(S(=O)(=O)c2ccc(-n3cncn3)cc2)cc1. The predicted molar refractivity (Wildman–Crippen MR) is 80.2 cm³/mol. The number of rotatable bonds is 4. The molecule has 3 aromatic rings. The lowest BCUT2D eigenvalue weighted by Gasteiger charge is -2.06. The first-order valence-electron chi connectivity index (χ1n) is 6.52. The quantitative estimate of drug-likeness (QED) is 0.783. The van der Waals surface area contributed by atoms with Gasteiger partial charge < -0.3 is 5.11 Å². The standard InChI is InChI=1S/C15H11N3O4S/c19-15(20)11-1-5-13(6-2-11)23(21,22)14-7-3-12(4-8-14)18-10-16-9-17-18/h1-10H,(H,19,20). The molecule has 0 unspecified atom stereocenters. The monoisotopic (exact) mass is 329 g/mol. The van der Waals surface area contributed by atoms with Gasteiger partial charge in [0.05, 0.1) is 21.0 Å². The van der Waals surface area contributed by atoms with Crippen LogP contribution < -0.4 is 0 Å². The van der Waals surface area contributed by atoms with Crippen molar-refractivity contribution in [3.63, 3.8) is 0 Å². The fraction of sp³-hybridized carbons (Fsp3) is 0. The predicted octanol–water partition coefficient (Wildman–Crippen LogP) is 1.80. The van der Waals surface area contributed by atoms with Crippen LogP contribution in [-0.4, -0.2) is 34.3 Å². The van der Waals surface area contributed by atoms with Gasteiger partial charge in [0.2, 0.25) is 9.84 Å². The third-order valence-corrected chi connectivity index (χ3v) is 5.03. The van der Waals surface area contributed by atoms with Crippen molar-refractivity contribution in [3.8, 4) is 5.69 Å². The number of aromatic carboxylic acids is 1. The Morgan fingerprint density at radius 2 is 1.52 bits per heavy atom. The van der Waals surface area contributed by atoms with Gasteiger partial charge in [0.25, 0.3) is 0 Å². The molecule has 0 saturated heterocycles. The number of sulfone groups is 1. The average Bonchev–Trinajstić information content (AvgIpc) is 3.09. The summed E-state index contributed by atoms with van der Waals surface area (Å²) in [4.78, 5) is 14.8. The first-order chi connectivity index (χ1) is 11.0. The largest absolute Gasteiger partial charge is 0.478 e. The maximum absolute atomic E-state index is 12.5. The molecule has 0 radical (unpaired) electrons. The van der Waals surface area contributed by atoms with Crippen molar-refractivity contribution >= 4 is 15.8 Å². The number of benzene rings is 2. The third-order valence-electron chi connectivity index (χ3n) is 3.24. The molecular weight excluding hydrogens is 318 g/mol. The zero-order valence-electron chi connectivity index (χ0n) is 11.7. The van der Waals surface area contributed by atoms with E-state index in [1.165, 1.54) is 53.7 Å². The van der Waals surface area contributed by atoms with Gasteiger partial charge in [0.15, 0.2) is 0 Å². The van der Waals surface area contributed by atoms with Crippen LogP contribution in [0.2, 0.25) is 0 Å². The second-order valence-electron chi connectivity index (χ2n) is 4.67. The molecule has 7 nitrogen and oxygen atoms in total. The second kappa shape index (κ2) is 5.65. The van der Waals surface area contributed by atoms with Crippen LogP contribution in [-0.2, 0) is 9.84 Å². The molecule has 1 heterocycles. The van der Waals surface area contributed by atoms with Crippen LogP contribution in [0.4, 0.5) is 0 Å². The first kappa shape index (κ1) is 14.9. The molecule has 23 heavy (non-hydrogen) atoms. The molecule has 0 aliphatic heterocycles. The summed E-state index contributed by atoms with van der Waals surface area (Å²) in [6.45, 7) is 0. The minimum Gasteiger partial charge on any atom is -0.478 e. The van der Waals surface area contributed by atoms with Gasteiger partial charge >= 0.3 is 5.97 Å². The van der Waals surface area contributed by atoms with Crippen molar-refractivity contribution in [2.75, 3.05) is 0 Å². The lowest BCUT2D eigenvalue weighted by Crippen LogP contribution is -2.04. The van der Waals surface area contributed by atoms with Gasteiger partial charge in [-0.1, -0.05) is 0 Å². The van der Waals surface area contributed by atoms with E-state index < -0.39 is 15.8 Å². The molecule has 0 saturated carbocycles. The average molecular weight is 329 g/mol. The minimum atomic E-state index is -3.71.